The Bertz CT molecular complexity index is 1130. The van der Waals surface area contributed by atoms with Crippen molar-refractivity contribution in [3.63, 3.8) is 0 Å². The lowest BCUT2D eigenvalue weighted by Crippen LogP contribution is -2.62. The van der Waals surface area contributed by atoms with E-state index in [1.54, 1.807) is 39.4 Å². The predicted octanol–water partition coefficient (Wildman–Crippen LogP) is 3.36. The summed E-state index contributed by atoms with van der Waals surface area (Å²) in [4.78, 5) is 25.1. The maximum absolute atomic E-state index is 13.0. The summed E-state index contributed by atoms with van der Waals surface area (Å²) in [7, 11) is 0. The number of allylic oxidation sites excluding steroid dienone is 1. The van der Waals surface area contributed by atoms with Crippen molar-refractivity contribution in [3.05, 3.63) is 48.5 Å². The lowest BCUT2D eigenvalue weighted by Gasteiger charge is -2.54. The molecule has 8 atom stereocenters. The smallest absolute Gasteiger partial charge is 0.339 e. The van der Waals surface area contributed by atoms with Crippen molar-refractivity contribution in [1.29, 1.82) is 0 Å². The van der Waals surface area contributed by atoms with E-state index in [1.165, 1.54) is 6.08 Å². The minimum atomic E-state index is -1.62. The highest BCUT2D eigenvalue weighted by Gasteiger charge is 2.85. The summed E-state index contributed by atoms with van der Waals surface area (Å²) in [5.41, 5.74) is -3.47. The van der Waals surface area contributed by atoms with Crippen LogP contribution in [-0.4, -0.2) is 46.2 Å². The molecule has 34 heavy (non-hydrogen) atoms. The van der Waals surface area contributed by atoms with E-state index in [0.717, 1.165) is 5.56 Å². The molecule has 3 fully saturated rings. The summed E-state index contributed by atoms with van der Waals surface area (Å²) in [6, 6.07) is 1.81. The number of rotatable bonds is 2. The van der Waals surface area contributed by atoms with Gasteiger partial charge in [-0.2, -0.15) is 0 Å². The van der Waals surface area contributed by atoms with E-state index >= 15 is 0 Å². The fraction of sp³-hybridized carbons (Fsp3) is 0.615. The van der Waals surface area contributed by atoms with Crippen molar-refractivity contribution in [1.82, 2.24) is 0 Å². The molecule has 1 aliphatic carbocycles. The van der Waals surface area contributed by atoms with Gasteiger partial charge in [-0.3, -0.25) is 0 Å². The zero-order chi connectivity index (χ0) is 24.4. The molecule has 1 N–H and O–H groups in total. The van der Waals surface area contributed by atoms with Gasteiger partial charge in [-0.15, -0.1) is 0 Å². The predicted molar refractivity (Wildman–Crippen MR) is 117 cm³/mol. The van der Waals surface area contributed by atoms with E-state index in [4.69, 9.17) is 23.4 Å². The number of ether oxygens (including phenoxy) is 4. The van der Waals surface area contributed by atoms with Crippen molar-refractivity contribution in [2.75, 3.05) is 0 Å². The van der Waals surface area contributed by atoms with Gasteiger partial charge in [0.1, 0.15) is 17.3 Å². The minimum Gasteiger partial charge on any atom is -0.472 e. The summed E-state index contributed by atoms with van der Waals surface area (Å²) < 4.78 is 29.6. The van der Waals surface area contributed by atoms with Gasteiger partial charge in [0.15, 0.2) is 11.9 Å². The van der Waals surface area contributed by atoms with Crippen LogP contribution in [0.15, 0.2) is 47.3 Å². The number of cyclic esters (lactones) is 2. The van der Waals surface area contributed by atoms with Crippen molar-refractivity contribution in [2.24, 2.45) is 16.2 Å². The van der Waals surface area contributed by atoms with E-state index in [-0.39, 0.29) is 0 Å². The molecular formula is C26H30O8. The van der Waals surface area contributed by atoms with Crippen molar-refractivity contribution in [2.45, 2.75) is 82.8 Å². The van der Waals surface area contributed by atoms with Crippen molar-refractivity contribution in [3.8, 4) is 0 Å². The SMILES string of the molecule is CC1(C)OC(=O)C=C[C@]12C[C@H]([C@]1(C)C=CC[C@@]3(C)[C@H](c4ccoc4)OC(=O)[C@H]4O[C@@]413)O[C@]2(C)O. The van der Waals surface area contributed by atoms with E-state index < -0.39 is 63.5 Å². The number of carbonyl (C=O) groups excluding carboxylic acids is 2. The number of hydrogen-bond donors (Lipinski definition) is 1. The van der Waals surface area contributed by atoms with Crippen molar-refractivity contribution < 1.29 is 38.1 Å². The van der Waals surface area contributed by atoms with Gasteiger partial charge < -0.3 is 28.5 Å². The molecule has 1 aromatic heterocycles. The second-order valence-corrected chi connectivity index (χ2v) is 11.4. The summed E-state index contributed by atoms with van der Waals surface area (Å²) >= 11 is 0. The first kappa shape index (κ1) is 22.1. The molecule has 0 amide bonds. The molecule has 3 saturated heterocycles. The van der Waals surface area contributed by atoms with Gasteiger partial charge in [-0.05, 0) is 39.7 Å². The Morgan fingerprint density at radius 2 is 1.79 bits per heavy atom. The first-order chi connectivity index (χ1) is 15.8. The molecule has 0 saturated carbocycles. The molecule has 6 rings (SSSR count). The third-order valence-electron chi connectivity index (χ3n) is 9.45. The molecule has 182 valence electrons. The average molecular weight is 471 g/mol. The van der Waals surface area contributed by atoms with E-state index in [9.17, 15) is 14.7 Å². The third kappa shape index (κ3) is 2.30. The van der Waals surface area contributed by atoms with Gasteiger partial charge in [-0.25, -0.2) is 9.59 Å². The standard InChI is InChI=1S/C26H30O8/c1-21(2)25(11-7-17(27)33-21)13-16(32-24(25,5)29)22(3)9-6-10-23(4)18(15-8-12-30-14-15)31-20(28)19-26(22,23)34-19/h6-9,11-12,14,16,18-19,29H,10,13H2,1-5H3/t16-,18+,19-,22+,23+,24+,25+,26+/m1/s1. The van der Waals surface area contributed by atoms with Gasteiger partial charge in [0.2, 0.25) is 0 Å². The Kier molecular flexibility index (Phi) is 4.04. The van der Waals surface area contributed by atoms with Crippen LogP contribution in [-0.2, 0) is 28.5 Å². The molecular weight excluding hydrogens is 440 g/mol. The molecule has 8 heteroatoms. The molecule has 0 bridgehead atoms. The monoisotopic (exact) mass is 470 g/mol. The Balaban J connectivity index is 1.46. The van der Waals surface area contributed by atoms with Crippen LogP contribution in [0, 0.1) is 16.2 Å². The minimum absolute atomic E-state index is 0.372. The van der Waals surface area contributed by atoms with Gasteiger partial charge >= 0.3 is 11.9 Å². The van der Waals surface area contributed by atoms with Gasteiger partial charge in [0, 0.05) is 22.5 Å². The maximum atomic E-state index is 13.0. The number of carbonyl (C=O) groups is 2. The Labute approximate surface area is 197 Å². The molecule has 5 aliphatic rings. The third-order valence-corrected chi connectivity index (χ3v) is 9.45. The van der Waals surface area contributed by atoms with Crippen LogP contribution in [0.1, 0.15) is 59.1 Å². The fourth-order valence-electron chi connectivity index (χ4n) is 7.52. The molecule has 2 spiro atoms. The first-order valence-corrected chi connectivity index (χ1v) is 11.7. The summed E-state index contributed by atoms with van der Waals surface area (Å²) in [5.74, 6) is -2.48. The molecule has 0 aromatic carbocycles. The second kappa shape index (κ2) is 6.22. The largest absolute Gasteiger partial charge is 0.472 e. The molecule has 4 aliphatic heterocycles. The molecule has 0 unspecified atom stereocenters. The Morgan fingerprint density at radius 3 is 2.47 bits per heavy atom. The molecule has 0 radical (unpaired) electrons. The number of hydrogen-bond acceptors (Lipinski definition) is 8. The lowest BCUT2D eigenvalue weighted by atomic mass is 9.50. The lowest BCUT2D eigenvalue weighted by molar-refractivity contribution is -0.266. The summed E-state index contributed by atoms with van der Waals surface area (Å²) in [6.45, 7) is 9.30. The van der Waals surface area contributed by atoms with Crippen LogP contribution in [0.25, 0.3) is 0 Å². The highest BCUT2D eigenvalue weighted by Crippen LogP contribution is 2.74. The zero-order valence-corrected chi connectivity index (χ0v) is 20.0. The van der Waals surface area contributed by atoms with E-state index in [0.29, 0.717) is 12.8 Å². The first-order valence-electron chi connectivity index (χ1n) is 11.7. The molecule has 8 nitrogen and oxygen atoms in total. The van der Waals surface area contributed by atoms with Crippen LogP contribution in [0.2, 0.25) is 0 Å². The maximum Gasteiger partial charge on any atom is 0.339 e. The van der Waals surface area contributed by atoms with Crippen LogP contribution in [0.5, 0.6) is 0 Å². The number of esters is 2. The average Bonchev–Trinajstić information content (AvgIpc) is 3.18. The van der Waals surface area contributed by atoms with Crippen LogP contribution in [0.3, 0.4) is 0 Å². The second-order valence-electron chi connectivity index (χ2n) is 11.4. The van der Waals surface area contributed by atoms with Crippen LogP contribution >= 0.6 is 0 Å². The summed E-state index contributed by atoms with van der Waals surface area (Å²) in [5, 5.41) is 11.6. The Hall–Kier alpha value is -2.42. The van der Waals surface area contributed by atoms with Crippen LogP contribution < -0.4 is 0 Å². The Morgan fingerprint density at radius 1 is 1.03 bits per heavy atom. The van der Waals surface area contributed by atoms with Gasteiger partial charge in [0.25, 0.3) is 0 Å². The number of epoxide rings is 1. The topological polar surface area (TPSA) is 108 Å². The van der Waals surface area contributed by atoms with Crippen LogP contribution in [0.4, 0.5) is 0 Å². The molecule has 5 heterocycles. The normalized spacial score (nSPS) is 50.5. The van der Waals surface area contributed by atoms with E-state index in [1.807, 2.05) is 13.0 Å². The van der Waals surface area contributed by atoms with Gasteiger partial charge in [0.05, 0.1) is 24.0 Å². The highest BCUT2D eigenvalue weighted by molar-refractivity contribution is 5.84. The van der Waals surface area contributed by atoms with Crippen molar-refractivity contribution >= 4 is 11.9 Å². The zero-order valence-electron chi connectivity index (χ0n) is 20.0. The quantitative estimate of drug-likeness (QED) is 0.398. The summed E-state index contributed by atoms with van der Waals surface area (Å²) in [6.07, 6.45) is 9.60. The van der Waals surface area contributed by atoms with E-state index in [2.05, 4.69) is 19.1 Å². The molecule has 1 aromatic rings. The number of aliphatic hydroxyl groups is 1. The van der Waals surface area contributed by atoms with Gasteiger partial charge in [-0.1, -0.05) is 32.1 Å². The fourth-order valence-corrected chi connectivity index (χ4v) is 7.52. The highest BCUT2D eigenvalue weighted by atomic mass is 16.7. The number of furan rings is 1.